The van der Waals surface area contributed by atoms with Crippen LogP contribution in [0.3, 0.4) is 0 Å². The Labute approximate surface area is 195 Å². The molecule has 0 amide bonds. The molecular formula is C25H30ClN5O. The monoisotopic (exact) mass is 451 g/mol. The molecule has 0 unspecified atom stereocenters. The van der Waals surface area contributed by atoms with E-state index in [1.54, 1.807) is 6.20 Å². The van der Waals surface area contributed by atoms with E-state index in [2.05, 4.69) is 37.6 Å². The van der Waals surface area contributed by atoms with E-state index in [-0.39, 0.29) is 0 Å². The van der Waals surface area contributed by atoms with Crippen molar-refractivity contribution in [2.24, 2.45) is 0 Å². The molecule has 2 N–H and O–H groups in total. The minimum atomic E-state index is 0.496. The maximum absolute atomic E-state index is 6.27. The summed E-state index contributed by atoms with van der Waals surface area (Å²) in [5, 5.41) is 7.03. The first-order valence-electron chi connectivity index (χ1n) is 11.3. The fraction of sp³-hybridized carbons (Fsp3) is 0.360. The van der Waals surface area contributed by atoms with Crippen LogP contribution in [0.1, 0.15) is 24.8 Å². The van der Waals surface area contributed by atoms with Crippen molar-refractivity contribution in [1.29, 1.82) is 0 Å². The van der Waals surface area contributed by atoms with Gasteiger partial charge in [0.15, 0.2) is 5.82 Å². The third-order valence-corrected chi connectivity index (χ3v) is 5.81. The van der Waals surface area contributed by atoms with Gasteiger partial charge >= 0.3 is 0 Å². The lowest BCUT2D eigenvalue weighted by Crippen LogP contribution is -2.33. The predicted molar refractivity (Wildman–Crippen MR) is 131 cm³/mol. The van der Waals surface area contributed by atoms with Gasteiger partial charge in [0.05, 0.1) is 6.20 Å². The topological polar surface area (TPSA) is 62.3 Å². The van der Waals surface area contributed by atoms with E-state index in [9.17, 15) is 0 Å². The van der Waals surface area contributed by atoms with Gasteiger partial charge in [-0.25, -0.2) is 4.98 Å². The molecule has 0 aliphatic carbocycles. The Kier molecular flexibility index (Phi) is 8.17. The van der Waals surface area contributed by atoms with Gasteiger partial charge in [0.1, 0.15) is 17.4 Å². The largest absolute Gasteiger partial charge is 0.492 e. The van der Waals surface area contributed by atoms with Crippen molar-refractivity contribution in [3.8, 4) is 5.75 Å². The first kappa shape index (κ1) is 22.4. The van der Waals surface area contributed by atoms with Crippen LogP contribution in [-0.2, 0) is 6.42 Å². The maximum atomic E-state index is 6.27. The van der Waals surface area contributed by atoms with Crippen LogP contribution in [0.2, 0.25) is 5.02 Å². The number of piperidine rings is 1. The average molecular weight is 452 g/mol. The molecule has 0 bridgehead atoms. The van der Waals surface area contributed by atoms with Crippen molar-refractivity contribution < 1.29 is 4.74 Å². The summed E-state index contributed by atoms with van der Waals surface area (Å²) in [4.78, 5) is 11.3. The highest BCUT2D eigenvalue weighted by Crippen LogP contribution is 2.23. The summed E-state index contributed by atoms with van der Waals surface area (Å²) >= 11 is 6.27. The minimum Gasteiger partial charge on any atom is -0.492 e. The number of anilines is 3. The second kappa shape index (κ2) is 11.7. The Hall–Kier alpha value is -2.83. The van der Waals surface area contributed by atoms with Crippen LogP contribution in [0.4, 0.5) is 17.5 Å². The average Bonchev–Trinajstić information content (AvgIpc) is 2.83. The Bertz CT molecular complexity index is 962. The molecule has 32 heavy (non-hydrogen) atoms. The van der Waals surface area contributed by atoms with Gasteiger partial charge in [0.2, 0.25) is 5.95 Å². The number of rotatable bonds is 10. The van der Waals surface area contributed by atoms with E-state index in [1.807, 2.05) is 42.5 Å². The zero-order valence-corrected chi connectivity index (χ0v) is 19.0. The number of hydrogen-bond donors (Lipinski definition) is 2. The number of likely N-dealkylation sites (tertiary alicyclic amines) is 1. The fourth-order valence-electron chi connectivity index (χ4n) is 3.76. The number of benzene rings is 2. The third-order valence-electron chi connectivity index (χ3n) is 5.53. The Balaban J connectivity index is 1.26. The van der Waals surface area contributed by atoms with E-state index < -0.39 is 0 Å². The van der Waals surface area contributed by atoms with Crippen molar-refractivity contribution >= 4 is 29.1 Å². The van der Waals surface area contributed by atoms with Crippen molar-refractivity contribution in [2.45, 2.75) is 25.7 Å². The molecule has 1 fully saturated rings. The molecule has 2 heterocycles. The molecule has 6 nitrogen and oxygen atoms in total. The van der Waals surface area contributed by atoms with Crippen molar-refractivity contribution in [3.05, 3.63) is 71.4 Å². The van der Waals surface area contributed by atoms with Gasteiger partial charge in [-0.1, -0.05) is 48.4 Å². The zero-order chi connectivity index (χ0) is 22.0. The van der Waals surface area contributed by atoms with Crippen molar-refractivity contribution in [3.63, 3.8) is 0 Å². The standard InChI is InChI=1S/C25H30ClN5O/c26-23-19-28-25(30-24(23)27-14-13-20-7-3-1-4-8-20)29-21-9-11-22(12-10-21)32-18-17-31-15-5-2-6-16-31/h1,3-4,7-12,19H,2,5-6,13-18H2,(H2,27,28,29,30). The molecule has 0 radical (unpaired) electrons. The fourth-order valence-corrected chi connectivity index (χ4v) is 3.92. The van der Waals surface area contributed by atoms with E-state index in [0.717, 1.165) is 30.9 Å². The van der Waals surface area contributed by atoms with Gasteiger partial charge in [0, 0.05) is 18.8 Å². The summed E-state index contributed by atoms with van der Waals surface area (Å²) in [6.45, 7) is 4.82. The molecule has 4 rings (SSSR count). The Morgan fingerprint density at radius 1 is 0.969 bits per heavy atom. The number of halogens is 1. The summed E-state index contributed by atoms with van der Waals surface area (Å²) in [6, 6.07) is 18.2. The Morgan fingerprint density at radius 3 is 2.53 bits per heavy atom. The molecule has 168 valence electrons. The van der Waals surface area contributed by atoms with Crippen molar-refractivity contribution in [2.75, 3.05) is 43.4 Å². The second-order valence-corrected chi connectivity index (χ2v) is 8.36. The van der Waals surface area contributed by atoms with Gasteiger partial charge in [-0.05, 0) is 62.2 Å². The molecule has 1 aliphatic rings. The molecule has 1 saturated heterocycles. The van der Waals surface area contributed by atoms with Crippen LogP contribution in [-0.4, -0.2) is 47.7 Å². The van der Waals surface area contributed by atoms with Gasteiger partial charge in [-0.2, -0.15) is 4.98 Å². The molecule has 0 saturated carbocycles. The third kappa shape index (κ3) is 6.84. The van der Waals surface area contributed by atoms with Gasteiger partial charge in [-0.3, -0.25) is 4.90 Å². The van der Waals surface area contributed by atoms with Crippen LogP contribution in [0.25, 0.3) is 0 Å². The highest BCUT2D eigenvalue weighted by molar-refractivity contribution is 6.32. The highest BCUT2D eigenvalue weighted by atomic mass is 35.5. The van der Waals surface area contributed by atoms with Crippen LogP contribution >= 0.6 is 11.6 Å². The normalized spacial score (nSPS) is 14.2. The molecule has 0 atom stereocenters. The molecular weight excluding hydrogens is 422 g/mol. The molecule has 7 heteroatoms. The van der Waals surface area contributed by atoms with E-state index in [0.29, 0.717) is 23.4 Å². The van der Waals surface area contributed by atoms with Gasteiger partial charge < -0.3 is 15.4 Å². The first-order valence-corrected chi connectivity index (χ1v) is 11.7. The zero-order valence-electron chi connectivity index (χ0n) is 18.3. The Morgan fingerprint density at radius 2 is 1.75 bits per heavy atom. The smallest absolute Gasteiger partial charge is 0.229 e. The number of nitrogens with zero attached hydrogens (tertiary/aromatic N) is 3. The molecule has 3 aromatic rings. The quantitative estimate of drug-likeness (QED) is 0.430. The van der Waals surface area contributed by atoms with Crippen LogP contribution in [0.5, 0.6) is 5.75 Å². The summed E-state index contributed by atoms with van der Waals surface area (Å²) in [7, 11) is 0. The molecule has 1 aromatic heterocycles. The SMILES string of the molecule is Clc1cnc(Nc2ccc(OCCN3CCCCC3)cc2)nc1NCCc1ccccc1. The lowest BCUT2D eigenvalue weighted by molar-refractivity contribution is 0.183. The van der Waals surface area contributed by atoms with E-state index in [1.165, 1.54) is 37.9 Å². The minimum absolute atomic E-state index is 0.496. The summed E-state index contributed by atoms with van der Waals surface area (Å²) in [5.74, 6) is 1.99. The number of aromatic nitrogens is 2. The number of ether oxygens (including phenoxy) is 1. The molecule has 1 aliphatic heterocycles. The number of nitrogens with one attached hydrogen (secondary N) is 2. The van der Waals surface area contributed by atoms with E-state index >= 15 is 0 Å². The maximum Gasteiger partial charge on any atom is 0.229 e. The molecule has 2 aromatic carbocycles. The summed E-state index contributed by atoms with van der Waals surface area (Å²) in [5.41, 5.74) is 2.16. The van der Waals surface area contributed by atoms with Gasteiger partial charge in [-0.15, -0.1) is 0 Å². The summed E-state index contributed by atoms with van der Waals surface area (Å²) in [6.07, 6.45) is 6.46. The predicted octanol–water partition coefficient (Wildman–Crippen LogP) is 5.39. The summed E-state index contributed by atoms with van der Waals surface area (Å²) < 4.78 is 5.90. The van der Waals surface area contributed by atoms with Crippen LogP contribution < -0.4 is 15.4 Å². The molecule has 0 spiro atoms. The van der Waals surface area contributed by atoms with Crippen LogP contribution in [0, 0.1) is 0 Å². The lowest BCUT2D eigenvalue weighted by Gasteiger charge is -2.26. The first-order chi connectivity index (χ1) is 15.8. The van der Waals surface area contributed by atoms with Crippen molar-refractivity contribution in [1.82, 2.24) is 14.9 Å². The highest BCUT2D eigenvalue weighted by Gasteiger charge is 2.10. The van der Waals surface area contributed by atoms with Crippen LogP contribution in [0.15, 0.2) is 60.8 Å². The van der Waals surface area contributed by atoms with Gasteiger partial charge in [0.25, 0.3) is 0 Å². The number of hydrogen-bond acceptors (Lipinski definition) is 6. The lowest BCUT2D eigenvalue weighted by atomic mass is 10.1. The van der Waals surface area contributed by atoms with E-state index in [4.69, 9.17) is 16.3 Å². The second-order valence-electron chi connectivity index (χ2n) is 7.95.